The zero-order valence-corrected chi connectivity index (χ0v) is 12.3. The third-order valence-electron chi connectivity index (χ3n) is 3.52. The average Bonchev–Trinajstić information content (AvgIpc) is 2.36. The molecule has 0 saturated heterocycles. The van der Waals surface area contributed by atoms with Crippen molar-refractivity contribution in [1.82, 2.24) is 0 Å². The summed E-state index contributed by atoms with van der Waals surface area (Å²) in [6.07, 6.45) is 0.0252. The van der Waals surface area contributed by atoms with Gasteiger partial charge in [-0.1, -0.05) is 47.5 Å². The fraction of sp³-hybridized carbons (Fsp3) is 0.294. The summed E-state index contributed by atoms with van der Waals surface area (Å²) in [4.78, 5) is 0. The van der Waals surface area contributed by atoms with Crippen LogP contribution in [0.4, 0.5) is 0 Å². The van der Waals surface area contributed by atoms with Crippen LogP contribution in [0, 0.1) is 20.8 Å². The van der Waals surface area contributed by atoms with Gasteiger partial charge in [-0.2, -0.15) is 0 Å². The normalized spacial score (nSPS) is 12.5. The van der Waals surface area contributed by atoms with Crippen LogP contribution in [0.25, 0.3) is 0 Å². The Bertz CT molecular complexity index is 573. The molecule has 0 aromatic heterocycles. The van der Waals surface area contributed by atoms with E-state index in [2.05, 4.69) is 19.1 Å². The third-order valence-corrected chi connectivity index (χ3v) is 3.85. The van der Waals surface area contributed by atoms with Gasteiger partial charge in [0, 0.05) is 11.4 Å². The van der Waals surface area contributed by atoms with E-state index in [-0.39, 0.29) is 0 Å². The van der Waals surface area contributed by atoms with Crippen molar-refractivity contribution in [2.75, 3.05) is 0 Å². The van der Waals surface area contributed by atoms with Crippen LogP contribution in [0.2, 0.25) is 5.02 Å². The quantitative estimate of drug-likeness (QED) is 0.871. The van der Waals surface area contributed by atoms with E-state index in [0.29, 0.717) is 11.4 Å². The summed E-state index contributed by atoms with van der Waals surface area (Å²) < 4.78 is 0. The minimum atomic E-state index is -0.561. The summed E-state index contributed by atoms with van der Waals surface area (Å²) in [5.74, 6) is 0. The van der Waals surface area contributed by atoms with Crippen molar-refractivity contribution in [2.45, 2.75) is 33.3 Å². The van der Waals surface area contributed by atoms with E-state index >= 15 is 0 Å². The van der Waals surface area contributed by atoms with Crippen LogP contribution < -0.4 is 0 Å². The number of rotatable bonds is 3. The molecule has 0 bridgehead atoms. The molecule has 0 radical (unpaired) electrons. The first-order valence-electron chi connectivity index (χ1n) is 6.47. The largest absolute Gasteiger partial charge is 0.388 e. The van der Waals surface area contributed by atoms with E-state index in [0.717, 1.165) is 22.3 Å². The summed E-state index contributed by atoms with van der Waals surface area (Å²) in [7, 11) is 0. The summed E-state index contributed by atoms with van der Waals surface area (Å²) in [6.45, 7) is 6.12. The Morgan fingerprint density at radius 2 is 1.58 bits per heavy atom. The molecule has 1 nitrogen and oxygen atoms in total. The topological polar surface area (TPSA) is 20.2 Å². The molecule has 2 rings (SSSR count). The molecular formula is C17H19ClO. The zero-order chi connectivity index (χ0) is 14.0. The van der Waals surface area contributed by atoms with Gasteiger partial charge in [-0.15, -0.1) is 0 Å². The highest BCUT2D eigenvalue weighted by atomic mass is 35.5. The molecular weight excluding hydrogens is 256 g/mol. The lowest BCUT2D eigenvalue weighted by atomic mass is 9.97. The van der Waals surface area contributed by atoms with Crippen molar-refractivity contribution in [3.63, 3.8) is 0 Å². The number of benzene rings is 2. The summed E-state index contributed by atoms with van der Waals surface area (Å²) in [6, 6.07) is 12.1. The molecule has 0 aliphatic rings. The number of halogens is 1. The number of hydrogen-bond donors (Lipinski definition) is 1. The van der Waals surface area contributed by atoms with Crippen LogP contribution >= 0.6 is 11.6 Å². The minimum Gasteiger partial charge on any atom is -0.388 e. The number of hydrogen-bond acceptors (Lipinski definition) is 1. The Labute approximate surface area is 119 Å². The van der Waals surface area contributed by atoms with Gasteiger partial charge in [0.1, 0.15) is 0 Å². The molecule has 1 unspecified atom stereocenters. The van der Waals surface area contributed by atoms with Crippen molar-refractivity contribution in [3.8, 4) is 0 Å². The molecule has 1 N–H and O–H groups in total. The first kappa shape index (κ1) is 14.1. The fourth-order valence-electron chi connectivity index (χ4n) is 2.12. The van der Waals surface area contributed by atoms with Crippen LogP contribution in [0.1, 0.15) is 33.9 Å². The van der Waals surface area contributed by atoms with Gasteiger partial charge in [0.2, 0.25) is 0 Å². The Kier molecular flexibility index (Phi) is 4.28. The third kappa shape index (κ3) is 3.37. The molecule has 2 aromatic carbocycles. The van der Waals surface area contributed by atoms with E-state index in [1.165, 1.54) is 5.56 Å². The van der Waals surface area contributed by atoms with Crippen LogP contribution in [0.3, 0.4) is 0 Å². The van der Waals surface area contributed by atoms with Gasteiger partial charge in [-0.25, -0.2) is 0 Å². The van der Waals surface area contributed by atoms with Gasteiger partial charge in [0.15, 0.2) is 0 Å². The van der Waals surface area contributed by atoms with E-state index in [1.807, 2.05) is 38.1 Å². The molecule has 2 heteroatoms. The lowest BCUT2D eigenvalue weighted by Gasteiger charge is -2.15. The molecule has 0 saturated carbocycles. The molecule has 2 aromatic rings. The van der Waals surface area contributed by atoms with E-state index in [1.54, 1.807) is 0 Å². The number of aliphatic hydroxyl groups excluding tert-OH is 1. The van der Waals surface area contributed by atoms with Crippen molar-refractivity contribution in [1.29, 1.82) is 0 Å². The highest BCUT2D eigenvalue weighted by Crippen LogP contribution is 2.28. The molecule has 0 aliphatic carbocycles. The Balaban J connectivity index is 2.22. The molecule has 0 fully saturated rings. The second kappa shape index (κ2) is 5.77. The SMILES string of the molecule is Cc1ccc(CC(O)c2cc(C)c(C)cc2Cl)cc1. The average molecular weight is 275 g/mol. The van der Waals surface area contributed by atoms with Crippen LogP contribution in [-0.2, 0) is 6.42 Å². The van der Waals surface area contributed by atoms with Crippen molar-refractivity contribution in [3.05, 3.63) is 69.2 Å². The fourth-order valence-corrected chi connectivity index (χ4v) is 2.46. The first-order chi connectivity index (χ1) is 8.97. The van der Waals surface area contributed by atoms with Crippen LogP contribution in [0.5, 0.6) is 0 Å². The summed E-state index contributed by atoms with van der Waals surface area (Å²) >= 11 is 6.23. The van der Waals surface area contributed by atoms with Crippen molar-refractivity contribution in [2.24, 2.45) is 0 Å². The van der Waals surface area contributed by atoms with Gasteiger partial charge in [0.25, 0.3) is 0 Å². The predicted octanol–water partition coefficient (Wildman–Crippen LogP) is 4.54. The predicted molar refractivity (Wildman–Crippen MR) is 80.8 cm³/mol. The smallest absolute Gasteiger partial charge is 0.0844 e. The van der Waals surface area contributed by atoms with E-state index < -0.39 is 6.10 Å². The second-order valence-corrected chi connectivity index (χ2v) is 5.57. The monoisotopic (exact) mass is 274 g/mol. The maximum absolute atomic E-state index is 10.4. The number of aryl methyl sites for hydroxylation is 3. The molecule has 100 valence electrons. The molecule has 0 heterocycles. The van der Waals surface area contributed by atoms with Gasteiger partial charge < -0.3 is 5.11 Å². The van der Waals surface area contributed by atoms with Crippen LogP contribution in [-0.4, -0.2) is 5.11 Å². The summed E-state index contributed by atoms with van der Waals surface area (Å²) in [5.41, 5.74) is 5.46. The minimum absolute atomic E-state index is 0.561. The first-order valence-corrected chi connectivity index (χ1v) is 6.85. The molecule has 19 heavy (non-hydrogen) atoms. The molecule has 1 atom stereocenters. The molecule has 0 spiro atoms. The van der Waals surface area contributed by atoms with Gasteiger partial charge in [-0.3, -0.25) is 0 Å². The van der Waals surface area contributed by atoms with Crippen LogP contribution in [0.15, 0.2) is 36.4 Å². The van der Waals surface area contributed by atoms with Gasteiger partial charge in [-0.05, 0) is 49.1 Å². The van der Waals surface area contributed by atoms with E-state index in [4.69, 9.17) is 11.6 Å². The number of aliphatic hydroxyl groups is 1. The summed E-state index contributed by atoms with van der Waals surface area (Å²) in [5, 5.41) is 11.0. The van der Waals surface area contributed by atoms with Crippen molar-refractivity contribution < 1.29 is 5.11 Å². The standard InChI is InChI=1S/C17H19ClO/c1-11-4-6-14(7-5-11)10-17(19)15-8-12(2)13(3)9-16(15)18/h4-9,17,19H,10H2,1-3H3. The highest BCUT2D eigenvalue weighted by molar-refractivity contribution is 6.31. The van der Waals surface area contributed by atoms with Gasteiger partial charge in [0.05, 0.1) is 6.10 Å². The lowest BCUT2D eigenvalue weighted by Crippen LogP contribution is -2.03. The maximum Gasteiger partial charge on any atom is 0.0844 e. The Morgan fingerprint density at radius 3 is 2.21 bits per heavy atom. The molecule has 0 amide bonds. The van der Waals surface area contributed by atoms with Crippen molar-refractivity contribution >= 4 is 11.6 Å². The zero-order valence-electron chi connectivity index (χ0n) is 11.6. The molecule has 0 aliphatic heterocycles. The highest BCUT2D eigenvalue weighted by Gasteiger charge is 2.13. The van der Waals surface area contributed by atoms with Gasteiger partial charge >= 0.3 is 0 Å². The van der Waals surface area contributed by atoms with E-state index in [9.17, 15) is 5.11 Å². The second-order valence-electron chi connectivity index (χ2n) is 5.16. The Morgan fingerprint density at radius 1 is 1.00 bits per heavy atom. The maximum atomic E-state index is 10.4. The Hall–Kier alpha value is -1.31. The lowest BCUT2D eigenvalue weighted by molar-refractivity contribution is 0.178.